The standard InChI is InChI=1S/C19H36N8O6/c1-3-10(2)15(18(32)33)27-17(31)12(6-7-13(21)28)26-16(30)11(25-14(29)9-20)5-4-8-24-19(22)23/h10-12,15H,3-9,20H2,1-2H3,(H2,21,28)(H,25,29)(H,26,30)(H,27,31)(H,32,33)(H4,22,23,24). The summed E-state index contributed by atoms with van der Waals surface area (Å²) in [7, 11) is 0. The van der Waals surface area contributed by atoms with Gasteiger partial charge >= 0.3 is 5.97 Å². The summed E-state index contributed by atoms with van der Waals surface area (Å²) in [5, 5.41) is 16.7. The van der Waals surface area contributed by atoms with Crippen LogP contribution in [0.25, 0.3) is 0 Å². The van der Waals surface area contributed by atoms with E-state index < -0.39 is 47.7 Å². The minimum absolute atomic E-state index is 0.125. The van der Waals surface area contributed by atoms with E-state index in [1.54, 1.807) is 13.8 Å². The van der Waals surface area contributed by atoms with Gasteiger partial charge in [-0.3, -0.25) is 24.2 Å². The van der Waals surface area contributed by atoms with Crippen molar-refractivity contribution in [3.63, 3.8) is 0 Å². The molecule has 14 heteroatoms. The van der Waals surface area contributed by atoms with E-state index in [0.717, 1.165) is 0 Å². The number of nitrogens with zero attached hydrogens (tertiary/aromatic N) is 1. The predicted molar refractivity (Wildman–Crippen MR) is 120 cm³/mol. The third-order valence-electron chi connectivity index (χ3n) is 4.87. The van der Waals surface area contributed by atoms with E-state index in [-0.39, 0.29) is 44.2 Å². The molecule has 4 unspecified atom stereocenters. The zero-order valence-electron chi connectivity index (χ0n) is 19.0. The van der Waals surface area contributed by atoms with Gasteiger partial charge < -0.3 is 44.0 Å². The van der Waals surface area contributed by atoms with Crippen LogP contribution >= 0.6 is 0 Å². The number of aliphatic imine (C=N–C) groups is 1. The molecule has 0 spiro atoms. The van der Waals surface area contributed by atoms with E-state index in [1.807, 2.05) is 0 Å². The molecule has 0 aliphatic heterocycles. The number of carboxylic acid groups (broad SMARTS) is 1. The van der Waals surface area contributed by atoms with E-state index in [4.69, 9.17) is 22.9 Å². The Labute approximate surface area is 192 Å². The molecule has 0 aliphatic carbocycles. The number of rotatable bonds is 16. The molecule has 0 bridgehead atoms. The number of amides is 4. The quantitative estimate of drug-likeness (QED) is 0.0639. The van der Waals surface area contributed by atoms with Crippen molar-refractivity contribution in [2.24, 2.45) is 33.8 Å². The fraction of sp³-hybridized carbons (Fsp3) is 0.684. The minimum atomic E-state index is -1.26. The summed E-state index contributed by atoms with van der Waals surface area (Å²) < 4.78 is 0. The van der Waals surface area contributed by atoms with Crippen molar-refractivity contribution in [2.75, 3.05) is 13.1 Å². The highest BCUT2D eigenvalue weighted by molar-refractivity contribution is 5.94. The van der Waals surface area contributed by atoms with Crippen LogP contribution in [0.1, 0.15) is 46.0 Å². The topological polar surface area (TPSA) is 258 Å². The molecule has 0 saturated carbocycles. The first-order chi connectivity index (χ1) is 15.4. The van der Waals surface area contributed by atoms with E-state index in [9.17, 15) is 29.1 Å². The highest BCUT2D eigenvalue weighted by Crippen LogP contribution is 2.10. The third-order valence-corrected chi connectivity index (χ3v) is 4.87. The first-order valence-corrected chi connectivity index (χ1v) is 10.6. The maximum atomic E-state index is 12.8. The van der Waals surface area contributed by atoms with Crippen LogP contribution in [0.5, 0.6) is 0 Å². The average molecular weight is 473 g/mol. The van der Waals surface area contributed by atoms with Crippen LogP contribution in [-0.4, -0.2) is 71.9 Å². The number of primary amides is 1. The van der Waals surface area contributed by atoms with Gasteiger partial charge in [-0.25, -0.2) is 4.79 Å². The molecular formula is C19H36N8O6. The molecule has 0 radical (unpaired) electrons. The van der Waals surface area contributed by atoms with Gasteiger partial charge in [-0.1, -0.05) is 20.3 Å². The zero-order chi connectivity index (χ0) is 25.6. The van der Waals surface area contributed by atoms with Gasteiger partial charge in [0.25, 0.3) is 0 Å². The molecular weight excluding hydrogens is 436 g/mol. The van der Waals surface area contributed by atoms with Crippen LogP contribution in [0, 0.1) is 5.92 Å². The Hall–Kier alpha value is -3.42. The SMILES string of the molecule is CCC(C)C(NC(=O)C(CCC(N)=O)NC(=O)C(CCCN=C(N)N)NC(=O)CN)C(=O)O. The van der Waals surface area contributed by atoms with Crippen molar-refractivity contribution in [1.82, 2.24) is 16.0 Å². The van der Waals surface area contributed by atoms with Gasteiger partial charge in [0.15, 0.2) is 5.96 Å². The fourth-order valence-corrected chi connectivity index (χ4v) is 2.79. The summed E-state index contributed by atoms with van der Waals surface area (Å²) in [5.74, 6) is -4.55. The summed E-state index contributed by atoms with van der Waals surface area (Å²) in [6.45, 7) is 3.26. The maximum Gasteiger partial charge on any atom is 0.326 e. The Morgan fingerprint density at radius 2 is 1.52 bits per heavy atom. The molecule has 0 aromatic carbocycles. The molecule has 0 aromatic heterocycles. The molecule has 33 heavy (non-hydrogen) atoms. The van der Waals surface area contributed by atoms with Gasteiger partial charge in [0.1, 0.15) is 18.1 Å². The summed E-state index contributed by atoms with van der Waals surface area (Å²) in [6.07, 6.45) is 0.546. The molecule has 4 atom stereocenters. The van der Waals surface area contributed by atoms with Gasteiger partial charge in [-0.05, 0) is 25.2 Å². The average Bonchev–Trinajstić information content (AvgIpc) is 2.75. The van der Waals surface area contributed by atoms with E-state index >= 15 is 0 Å². The fourth-order valence-electron chi connectivity index (χ4n) is 2.79. The smallest absolute Gasteiger partial charge is 0.326 e. The second-order valence-electron chi connectivity index (χ2n) is 7.55. The Balaban J connectivity index is 5.50. The van der Waals surface area contributed by atoms with Crippen molar-refractivity contribution in [3.05, 3.63) is 0 Å². The minimum Gasteiger partial charge on any atom is -0.480 e. The Morgan fingerprint density at radius 1 is 0.939 bits per heavy atom. The Kier molecular flexibility index (Phi) is 13.8. The lowest BCUT2D eigenvalue weighted by Crippen LogP contribution is -2.57. The van der Waals surface area contributed by atoms with E-state index in [2.05, 4.69) is 20.9 Å². The Morgan fingerprint density at radius 3 is 2.00 bits per heavy atom. The van der Waals surface area contributed by atoms with Crippen LogP contribution in [0.2, 0.25) is 0 Å². The normalized spacial score (nSPS) is 14.2. The Bertz CT molecular complexity index is 725. The number of carbonyl (C=O) groups is 5. The molecule has 4 amide bonds. The molecule has 0 heterocycles. The number of aliphatic carboxylic acids is 1. The molecule has 0 aliphatic rings. The van der Waals surface area contributed by atoms with Gasteiger partial charge in [0, 0.05) is 13.0 Å². The lowest BCUT2D eigenvalue weighted by molar-refractivity contribution is -0.144. The van der Waals surface area contributed by atoms with Crippen LogP contribution in [0.3, 0.4) is 0 Å². The van der Waals surface area contributed by atoms with Crippen LogP contribution in [0.4, 0.5) is 0 Å². The molecule has 0 aromatic rings. The van der Waals surface area contributed by atoms with Gasteiger partial charge in [0.05, 0.1) is 6.54 Å². The van der Waals surface area contributed by atoms with Crippen molar-refractivity contribution in [1.29, 1.82) is 0 Å². The molecule has 188 valence electrons. The highest BCUT2D eigenvalue weighted by Gasteiger charge is 2.31. The lowest BCUT2D eigenvalue weighted by Gasteiger charge is -2.26. The first-order valence-electron chi connectivity index (χ1n) is 10.6. The zero-order valence-corrected chi connectivity index (χ0v) is 19.0. The third kappa shape index (κ3) is 12.3. The molecule has 0 fully saturated rings. The molecule has 14 nitrogen and oxygen atoms in total. The number of hydrogen-bond acceptors (Lipinski definition) is 7. The van der Waals surface area contributed by atoms with Crippen molar-refractivity contribution >= 4 is 35.6 Å². The number of carbonyl (C=O) groups excluding carboxylic acids is 4. The summed E-state index contributed by atoms with van der Waals surface area (Å²) in [6, 6.07) is -3.52. The van der Waals surface area contributed by atoms with E-state index in [1.165, 1.54) is 0 Å². The van der Waals surface area contributed by atoms with Crippen LogP contribution < -0.4 is 38.9 Å². The highest BCUT2D eigenvalue weighted by atomic mass is 16.4. The second-order valence-corrected chi connectivity index (χ2v) is 7.55. The first kappa shape index (κ1) is 29.6. The van der Waals surface area contributed by atoms with Gasteiger partial charge in [-0.2, -0.15) is 0 Å². The van der Waals surface area contributed by atoms with Gasteiger partial charge in [0.2, 0.25) is 23.6 Å². The lowest BCUT2D eigenvalue weighted by atomic mass is 9.98. The van der Waals surface area contributed by atoms with Crippen LogP contribution in [0.15, 0.2) is 4.99 Å². The molecule has 0 rings (SSSR count). The number of nitrogens with two attached hydrogens (primary N) is 4. The number of carboxylic acids is 1. The van der Waals surface area contributed by atoms with Crippen molar-refractivity contribution in [2.45, 2.75) is 64.1 Å². The van der Waals surface area contributed by atoms with E-state index in [0.29, 0.717) is 12.8 Å². The molecule has 12 N–H and O–H groups in total. The largest absolute Gasteiger partial charge is 0.480 e. The second kappa shape index (κ2) is 15.4. The maximum absolute atomic E-state index is 12.8. The van der Waals surface area contributed by atoms with Crippen molar-refractivity contribution < 1.29 is 29.1 Å². The number of guanidine groups is 1. The summed E-state index contributed by atoms with van der Waals surface area (Å²) in [4.78, 5) is 63.9. The van der Waals surface area contributed by atoms with Crippen LogP contribution in [-0.2, 0) is 24.0 Å². The summed E-state index contributed by atoms with van der Waals surface area (Å²) >= 11 is 0. The summed E-state index contributed by atoms with van der Waals surface area (Å²) in [5.41, 5.74) is 21.0. The van der Waals surface area contributed by atoms with Gasteiger partial charge in [-0.15, -0.1) is 0 Å². The number of hydrogen-bond donors (Lipinski definition) is 8. The molecule has 0 saturated heterocycles. The van der Waals surface area contributed by atoms with Crippen molar-refractivity contribution in [3.8, 4) is 0 Å². The number of nitrogens with one attached hydrogen (secondary N) is 3. The predicted octanol–water partition coefficient (Wildman–Crippen LogP) is -3.15. The monoisotopic (exact) mass is 472 g/mol.